The molecule has 1 aromatic rings. The van der Waals surface area contributed by atoms with Crippen LogP contribution in [0.25, 0.3) is 0 Å². The van der Waals surface area contributed by atoms with Gasteiger partial charge in [-0.3, -0.25) is 4.90 Å². The average Bonchev–Trinajstić information content (AvgIpc) is 2.15. The van der Waals surface area contributed by atoms with E-state index in [4.69, 9.17) is 4.74 Å². The van der Waals surface area contributed by atoms with E-state index in [1.165, 1.54) is 4.90 Å². The van der Waals surface area contributed by atoms with Gasteiger partial charge >= 0.3 is 6.09 Å². The molecule has 0 fully saturated rings. The molecule has 0 atom stereocenters. The molecule has 0 aliphatic heterocycles. The summed E-state index contributed by atoms with van der Waals surface area (Å²) in [4.78, 5) is 17.1. The number of hydrogen-bond donors (Lipinski definition) is 0. The van der Waals surface area contributed by atoms with Crippen LogP contribution in [0.3, 0.4) is 0 Å². The number of carbonyl (C=O) groups is 1. The lowest BCUT2D eigenvalue weighted by Gasteiger charge is -2.23. The third kappa shape index (κ3) is 3.58. The molecule has 0 N–H and O–H groups in total. The predicted molar refractivity (Wildman–Crippen MR) is 58.9 cm³/mol. The second-order valence-corrected chi connectivity index (χ2v) is 4.23. The SMILES string of the molecule is CN(C(=O)OC(C)(C)C)c1ccccn1. The summed E-state index contributed by atoms with van der Waals surface area (Å²) >= 11 is 0. The number of hydrogen-bond acceptors (Lipinski definition) is 3. The molecule has 4 heteroatoms. The maximum absolute atomic E-state index is 11.6. The lowest BCUT2D eigenvalue weighted by molar-refractivity contribution is 0.0588. The quantitative estimate of drug-likeness (QED) is 0.712. The van der Waals surface area contributed by atoms with Crippen molar-refractivity contribution in [1.29, 1.82) is 0 Å². The minimum Gasteiger partial charge on any atom is -0.443 e. The predicted octanol–water partition coefficient (Wildman–Crippen LogP) is 2.45. The third-order valence-electron chi connectivity index (χ3n) is 1.66. The monoisotopic (exact) mass is 208 g/mol. The Morgan fingerprint density at radius 2 is 2.07 bits per heavy atom. The molecular weight excluding hydrogens is 192 g/mol. The van der Waals surface area contributed by atoms with Gasteiger partial charge in [-0.15, -0.1) is 0 Å². The number of carbonyl (C=O) groups excluding carboxylic acids is 1. The van der Waals surface area contributed by atoms with Crippen LogP contribution >= 0.6 is 0 Å². The summed E-state index contributed by atoms with van der Waals surface area (Å²) in [6, 6.07) is 5.37. The molecule has 0 bridgehead atoms. The Kier molecular flexibility index (Phi) is 3.29. The van der Waals surface area contributed by atoms with E-state index < -0.39 is 11.7 Å². The smallest absolute Gasteiger partial charge is 0.415 e. The van der Waals surface area contributed by atoms with E-state index in [1.54, 1.807) is 25.4 Å². The van der Waals surface area contributed by atoms with E-state index in [2.05, 4.69) is 4.98 Å². The summed E-state index contributed by atoms with van der Waals surface area (Å²) < 4.78 is 5.20. The highest BCUT2D eigenvalue weighted by molar-refractivity contribution is 5.85. The number of ether oxygens (including phenoxy) is 1. The second-order valence-electron chi connectivity index (χ2n) is 4.23. The number of aromatic nitrogens is 1. The molecule has 1 rings (SSSR count). The first-order valence-corrected chi connectivity index (χ1v) is 4.78. The fraction of sp³-hybridized carbons (Fsp3) is 0.455. The Morgan fingerprint density at radius 1 is 1.40 bits per heavy atom. The molecule has 0 aliphatic rings. The van der Waals surface area contributed by atoms with Gasteiger partial charge in [0.2, 0.25) is 0 Å². The fourth-order valence-corrected chi connectivity index (χ4v) is 0.976. The fourth-order valence-electron chi connectivity index (χ4n) is 0.976. The zero-order valence-electron chi connectivity index (χ0n) is 9.52. The van der Waals surface area contributed by atoms with Crippen molar-refractivity contribution in [2.45, 2.75) is 26.4 Å². The van der Waals surface area contributed by atoms with Crippen molar-refractivity contribution < 1.29 is 9.53 Å². The van der Waals surface area contributed by atoms with Crippen molar-refractivity contribution in [2.24, 2.45) is 0 Å². The maximum atomic E-state index is 11.6. The molecule has 1 amide bonds. The maximum Gasteiger partial charge on any atom is 0.415 e. The highest BCUT2D eigenvalue weighted by atomic mass is 16.6. The third-order valence-corrected chi connectivity index (χ3v) is 1.66. The van der Waals surface area contributed by atoms with Gasteiger partial charge in [-0.25, -0.2) is 9.78 Å². The summed E-state index contributed by atoms with van der Waals surface area (Å²) in [5.41, 5.74) is -0.486. The molecule has 0 radical (unpaired) electrons. The standard InChI is InChI=1S/C11H16N2O2/c1-11(2,3)15-10(14)13(4)9-7-5-6-8-12-9/h5-8H,1-4H3. The Hall–Kier alpha value is -1.58. The summed E-state index contributed by atoms with van der Waals surface area (Å²) in [6.45, 7) is 5.49. The molecule has 0 spiro atoms. The van der Waals surface area contributed by atoms with Gasteiger partial charge in [-0.05, 0) is 32.9 Å². The van der Waals surface area contributed by atoms with Crippen LogP contribution in [0.2, 0.25) is 0 Å². The van der Waals surface area contributed by atoms with Crippen molar-refractivity contribution in [2.75, 3.05) is 11.9 Å². The Morgan fingerprint density at radius 3 is 2.53 bits per heavy atom. The molecule has 0 saturated carbocycles. The van der Waals surface area contributed by atoms with Gasteiger partial charge in [0.1, 0.15) is 11.4 Å². The molecule has 0 aromatic carbocycles. The number of amides is 1. The molecule has 15 heavy (non-hydrogen) atoms. The summed E-state index contributed by atoms with van der Waals surface area (Å²) in [6.07, 6.45) is 1.23. The highest BCUT2D eigenvalue weighted by Crippen LogP contribution is 2.13. The number of anilines is 1. The van der Waals surface area contributed by atoms with Crippen LogP contribution in [0.4, 0.5) is 10.6 Å². The van der Waals surface area contributed by atoms with Crippen molar-refractivity contribution in [3.63, 3.8) is 0 Å². The normalized spacial score (nSPS) is 10.9. The van der Waals surface area contributed by atoms with Crippen molar-refractivity contribution in [3.05, 3.63) is 24.4 Å². The Labute approximate surface area is 89.9 Å². The van der Waals surface area contributed by atoms with Crippen LogP contribution < -0.4 is 4.90 Å². The molecule has 1 aromatic heterocycles. The first-order valence-electron chi connectivity index (χ1n) is 4.78. The van der Waals surface area contributed by atoms with Gasteiger partial charge in [0.15, 0.2) is 0 Å². The molecule has 82 valence electrons. The van der Waals surface area contributed by atoms with Crippen LogP contribution in [0, 0.1) is 0 Å². The van der Waals surface area contributed by atoms with Crippen LogP contribution in [0.5, 0.6) is 0 Å². The van der Waals surface area contributed by atoms with Gasteiger partial charge < -0.3 is 4.74 Å². The lowest BCUT2D eigenvalue weighted by Crippen LogP contribution is -2.34. The van der Waals surface area contributed by atoms with Crippen LogP contribution in [-0.4, -0.2) is 23.7 Å². The first-order chi connectivity index (χ1) is 6.90. The van der Waals surface area contributed by atoms with E-state index in [-0.39, 0.29) is 0 Å². The van der Waals surface area contributed by atoms with Gasteiger partial charge in [-0.1, -0.05) is 6.07 Å². The van der Waals surface area contributed by atoms with E-state index in [0.29, 0.717) is 5.82 Å². The summed E-state index contributed by atoms with van der Waals surface area (Å²) in [7, 11) is 1.64. The molecule has 1 heterocycles. The van der Waals surface area contributed by atoms with Crippen molar-refractivity contribution in [1.82, 2.24) is 4.98 Å². The van der Waals surface area contributed by atoms with Crippen molar-refractivity contribution in [3.8, 4) is 0 Å². The molecule has 0 saturated heterocycles. The molecule has 4 nitrogen and oxygen atoms in total. The number of nitrogens with zero attached hydrogens (tertiary/aromatic N) is 2. The topological polar surface area (TPSA) is 42.4 Å². The van der Waals surface area contributed by atoms with E-state index in [1.807, 2.05) is 26.8 Å². The van der Waals surface area contributed by atoms with Gasteiger partial charge in [0.05, 0.1) is 0 Å². The molecule has 0 unspecified atom stereocenters. The Bertz CT molecular complexity index is 330. The van der Waals surface area contributed by atoms with E-state index in [9.17, 15) is 4.79 Å². The summed E-state index contributed by atoms with van der Waals surface area (Å²) in [5.74, 6) is 0.576. The lowest BCUT2D eigenvalue weighted by atomic mass is 10.2. The van der Waals surface area contributed by atoms with Gasteiger partial charge in [0, 0.05) is 13.2 Å². The van der Waals surface area contributed by atoms with Crippen LogP contribution in [0.15, 0.2) is 24.4 Å². The minimum absolute atomic E-state index is 0.402. The van der Waals surface area contributed by atoms with Gasteiger partial charge in [0.25, 0.3) is 0 Å². The van der Waals surface area contributed by atoms with E-state index in [0.717, 1.165) is 0 Å². The second kappa shape index (κ2) is 4.29. The minimum atomic E-state index is -0.486. The average molecular weight is 208 g/mol. The zero-order chi connectivity index (χ0) is 11.5. The van der Waals surface area contributed by atoms with E-state index >= 15 is 0 Å². The van der Waals surface area contributed by atoms with Crippen LogP contribution in [-0.2, 0) is 4.74 Å². The molecule has 0 aliphatic carbocycles. The Balaban J connectivity index is 2.70. The highest BCUT2D eigenvalue weighted by Gasteiger charge is 2.20. The summed E-state index contributed by atoms with van der Waals surface area (Å²) in [5, 5.41) is 0. The van der Waals surface area contributed by atoms with Crippen LogP contribution in [0.1, 0.15) is 20.8 Å². The number of rotatable bonds is 1. The van der Waals surface area contributed by atoms with Crippen molar-refractivity contribution >= 4 is 11.9 Å². The first kappa shape index (κ1) is 11.5. The zero-order valence-corrected chi connectivity index (χ0v) is 9.52. The van der Waals surface area contributed by atoms with Gasteiger partial charge in [-0.2, -0.15) is 0 Å². The molecular formula is C11H16N2O2. The number of pyridine rings is 1. The largest absolute Gasteiger partial charge is 0.443 e.